The van der Waals surface area contributed by atoms with Crippen molar-refractivity contribution in [3.63, 3.8) is 0 Å². The minimum atomic E-state index is -0.701. The number of hydrogen-bond donors (Lipinski definition) is 1. The summed E-state index contributed by atoms with van der Waals surface area (Å²) in [6, 6.07) is 0.831. The summed E-state index contributed by atoms with van der Waals surface area (Å²) >= 11 is 0. The van der Waals surface area contributed by atoms with Crippen LogP contribution in [0.4, 0.5) is 0 Å². The number of rotatable bonds is 3. The largest absolute Gasteiger partial charge is 0.465 e. The van der Waals surface area contributed by atoms with Gasteiger partial charge in [-0.05, 0) is 19.0 Å². The number of carbonyl (C=O) groups excluding carboxylic acids is 3. The first-order valence-electron chi connectivity index (χ1n) is 5.66. The highest BCUT2D eigenvalue weighted by molar-refractivity contribution is 6.04. The number of amides is 3. The monoisotopic (exact) mass is 267 g/mol. The Bertz CT molecular complexity index is 524. The molecule has 1 aromatic heterocycles. The Hall–Kier alpha value is -2.38. The summed E-state index contributed by atoms with van der Waals surface area (Å²) < 4.78 is 9.90. The van der Waals surface area contributed by atoms with Crippen LogP contribution in [-0.4, -0.2) is 47.0 Å². The van der Waals surface area contributed by atoms with Crippen LogP contribution in [0.2, 0.25) is 0 Å². The molecule has 0 radical (unpaired) electrons. The van der Waals surface area contributed by atoms with E-state index < -0.39 is 23.8 Å². The van der Waals surface area contributed by atoms with E-state index >= 15 is 0 Å². The van der Waals surface area contributed by atoms with Gasteiger partial charge in [-0.25, -0.2) is 0 Å². The third-order valence-corrected chi connectivity index (χ3v) is 2.69. The Kier molecular flexibility index (Phi) is 3.50. The van der Waals surface area contributed by atoms with E-state index in [9.17, 15) is 14.4 Å². The van der Waals surface area contributed by atoms with Crippen LogP contribution in [0.15, 0.2) is 10.6 Å². The van der Waals surface area contributed by atoms with Crippen LogP contribution < -0.4 is 10.1 Å². The van der Waals surface area contributed by atoms with Crippen molar-refractivity contribution in [2.45, 2.75) is 19.9 Å². The van der Waals surface area contributed by atoms with Crippen LogP contribution in [-0.2, 0) is 14.4 Å². The van der Waals surface area contributed by atoms with Gasteiger partial charge in [0.25, 0.3) is 11.8 Å². The van der Waals surface area contributed by atoms with Crippen molar-refractivity contribution < 1.29 is 23.6 Å². The van der Waals surface area contributed by atoms with Crippen LogP contribution in [0.3, 0.4) is 0 Å². The SMILES string of the molecule is Cc1cc(OCC(=O)N2CC(=O)NC(=O)C2C)no1. The second-order valence-corrected chi connectivity index (χ2v) is 4.17. The molecule has 1 atom stereocenters. The maximum absolute atomic E-state index is 11.9. The fourth-order valence-electron chi connectivity index (χ4n) is 1.65. The molecule has 0 aliphatic carbocycles. The fourth-order valence-corrected chi connectivity index (χ4v) is 1.65. The van der Waals surface area contributed by atoms with Gasteiger partial charge in [-0.2, -0.15) is 0 Å². The standard InChI is InChI=1S/C11H13N3O5/c1-6-3-9(13-19-6)18-5-10(16)14-4-8(15)12-11(17)7(14)2/h3,7H,4-5H2,1-2H3,(H,12,15,17). The molecule has 0 aromatic carbocycles. The molecule has 8 nitrogen and oxygen atoms in total. The van der Waals surface area contributed by atoms with Crippen molar-refractivity contribution in [3.05, 3.63) is 11.8 Å². The third-order valence-electron chi connectivity index (χ3n) is 2.69. The Morgan fingerprint density at radius 2 is 2.37 bits per heavy atom. The summed E-state index contributed by atoms with van der Waals surface area (Å²) in [5.74, 6) is -0.721. The number of hydrogen-bond acceptors (Lipinski definition) is 6. The molecule has 2 heterocycles. The maximum atomic E-state index is 11.9. The van der Waals surface area contributed by atoms with Crippen molar-refractivity contribution in [2.75, 3.05) is 13.2 Å². The molecule has 1 saturated heterocycles. The predicted molar refractivity (Wildman–Crippen MR) is 61.1 cm³/mol. The van der Waals surface area contributed by atoms with Gasteiger partial charge < -0.3 is 14.2 Å². The van der Waals surface area contributed by atoms with Crippen LogP contribution >= 0.6 is 0 Å². The van der Waals surface area contributed by atoms with E-state index in [4.69, 9.17) is 9.26 Å². The van der Waals surface area contributed by atoms with Gasteiger partial charge in [0.05, 0.1) is 0 Å². The van der Waals surface area contributed by atoms with E-state index in [2.05, 4.69) is 10.5 Å². The predicted octanol–water partition coefficient (Wildman–Crippen LogP) is -0.765. The van der Waals surface area contributed by atoms with Gasteiger partial charge in [-0.1, -0.05) is 0 Å². The molecule has 1 N–H and O–H groups in total. The number of nitrogens with zero attached hydrogens (tertiary/aromatic N) is 2. The highest BCUT2D eigenvalue weighted by Crippen LogP contribution is 2.11. The number of nitrogens with one attached hydrogen (secondary N) is 1. The van der Waals surface area contributed by atoms with E-state index in [-0.39, 0.29) is 19.0 Å². The summed E-state index contributed by atoms with van der Waals surface area (Å²) in [4.78, 5) is 35.7. The lowest BCUT2D eigenvalue weighted by molar-refractivity contribution is -0.150. The first kappa shape index (κ1) is 13.1. The molecule has 0 spiro atoms. The molecular formula is C11H13N3O5. The van der Waals surface area contributed by atoms with Crippen LogP contribution in [0.1, 0.15) is 12.7 Å². The molecule has 3 amide bonds. The molecule has 1 aromatic rings. The number of aromatic nitrogens is 1. The number of aryl methyl sites for hydroxylation is 1. The molecule has 102 valence electrons. The van der Waals surface area contributed by atoms with Gasteiger partial charge in [-0.3, -0.25) is 19.7 Å². The first-order valence-corrected chi connectivity index (χ1v) is 5.66. The Labute approximate surface area is 108 Å². The molecule has 2 rings (SSSR count). The van der Waals surface area contributed by atoms with E-state index in [1.807, 2.05) is 0 Å². The normalized spacial score (nSPS) is 19.3. The minimum absolute atomic E-state index is 0.160. The van der Waals surface area contributed by atoms with Crippen molar-refractivity contribution in [1.82, 2.24) is 15.4 Å². The van der Waals surface area contributed by atoms with Gasteiger partial charge in [0.15, 0.2) is 6.61 Å². The van der Waals surface area contributed by atoms with Crippen molar-refractivity contribution in [1.29, 1.82) is 0 Å². The molecule has 0 bridgehead atoms. The smallest absolute Gasteiger partial charge is 0.261 e. The second-order valence-electron chi connectivity index (χ2n) is 4.17. The summed E-state index contributed by atoms with van der Waals surface area (Å²) in [5.41, 5.74) is 0. The number of imide groups is 1. The molecule has 0 saturated carbocycles. The summed E-state index contributed by atoms with van der Waals surface area (Å²) in [6.45, 7) is 2.77. The number of carbonyl (C=O) groups is 3. The summed E-state index contributed by atoms with van der Waals surface area (Å²) in [5, 5.41) is 5.72. The Morgan fingerprint density at radius 3 is 3.00 bits per heavy atom. The molecule has 1 fully saturated rings. The Morgan fingerprint density at radius 1 is 1.63 bits per heavy atom. The first-order chi connectivity index (χ1) is 8.97. The van der Waals surface area contributed by atoms with Crippen molar-refractivity contribution >= 4 is 17.7 Å². The van der Waals surface area contributed by atoms with Crippen molar-refractivity contribution in [3.8, 4) is 5.88 Å². The number of piperazine rings is 1. The zero-order valence-corrected chi connectivity index (χ0v) is 10.5. The molecule has 1 aliphatic rings. The van der Waals surface area contributed by atoms with E-state index in [1.54, 1.807) is 13.8 Å². The van der Waals surface area contributed by atoms with Crippen molar-refractivity contribution in [2.24, 2.45) is 0 Å². The average molecular weight is 267 g/mol. The zero-order valence-electron chi connectivity index (χ0n) is 10.5. The van der Waals surface area contributed by atoms with Crippen LogP contribution in [0, 0.1) is 6.92 Å². The fraction of sp³-hybridized carbons (Fsp3) is 0.455. The number of ether oxygens (including phenoxy) is 1. The van der Waals surface area contributed by atoms with Gasteiger partial charge in [-0.15, -0.1) is 0 Å². The highest BCUT2D eigenvalue weighted by atomic mass is 16.5. The lowest BCUT2D eigenvalue weighted by Gasteiger charge is -2.31. The second kappa shape index (κ2) is 5.09. The molecule has 1 unspecified atom stereocenters. The van der Waals surface area contributed by atoms with E-state index in [0.717, 1.165) is 4.90 Å². The zero-order chi connectivity index (χ0) is 14.0. The summed E-state index contributed by atoms with van der Waals surface area (Å²) in [7, 11) is 0. The van der Waals surface area contributed by atoms with Crippen LogP contribution in [0.25, 0.3) is 0 Å². The lowest BCUT2D eigenvalue weighted by atomic mass is 10.2. The van der Waals surface area contributed by atoms with Gasteiger partial charge in [0, 0.05) is 6.07 Å². The van der Waals surface area contributed by atoms with Gasteiger partial charge in [0.1, 0.15) is 18.3 Å². The highest BCUT2D eigenvalue weighted by Gasteiger charge is 2.33. The minimum Gasteiger partial charge on any atom is -0.465 e. The van der Waals surface area contributed by atoms with Gasteiger partial charge >= 0.3 is 0 Å². The maximum Gasteiger partial charge on any atom is 0.261 e. The Balaban J connectivity index is 1.95. The molecule has 8 heteroatoms. The molecule has 19 heavy (non-hydrogen) atoms. The lowest BCUT2D eigenvalue weighted by Crippen LogP contribution is -2.59. The molecule has 1 aliphatic heterocycles. The van der Waals surface area contributed by atoms with Crippen LogP contribution in [0.5, 0.6) is 5.88 Å². The van der Waals surface area contributed by atoms with E-state index in [0.29, 0.717) is 5.76 Å². The third kappa shape index (κ3) is 2.90. The van der Waals surface area contributed by atoms with E-state index in [1.165, 1.54) is 6.07 Å². The summed E-state index contributed by atoms with van der Waals surface area (Å²) in [6.07, 6.45) is 0. The molecular weight excluding hydrogens is 254 g/mol. The average Bonchev–Trinajstić information content (AvgIpc) is 2.76. The van der Waals surface area contributed by atoms with Gasteiger partial charge in [0.2, 0.25) is 11.8 Å². The quantitative estimate of drug-likeness (QED) is 0.722. The topological polar surface area (TPSA) is 102 Å².